The maximum absolute atomic E-state index is 13.0. The minimum absolute atomic E-state index is 0.231. The second kappa shape index (κ2) is 8.00. The third kappa shape index (κ3) is 3.68. The van der Waals surface area contributed by atoms with Crippen molar-refractivity contribution in [3.63, 3.8) is 0 Å². The number of carbonyl (C=O) groups excluding carboxylic acids is 1. The monoisotopic (exact) mass is 402 g/mol. The predicted molar refractivity (Wildman–Crippen MR) is 111 cm³/mol. The van der Waals surface area contributed by atoms with Gasteiger partial charge >= 0.3 is 0 Å². The van der Waals surface area contributed by atoms with Crippen LogP contribution >= 0.6 is 0 Å². The van der Waals surface area contributed by atoms with Crippen LogP contribution in [0.15, 0.2) is 59.1 Å². The Labute approximate surface area is 171 Å². The normalized spacial score (nSPS) is 10.6. The number of hydrogen-bond donors (Lipinski definition) is 2. The van der Waals surface area contributed by atoms with Crippen LogP contribution in [0.25, 0.3) is 22.6 Å². The fraction of sp³-hybridized carbons (Fsp3) is 0.0952. The smallest absolute Gasteiger partial charge is 0.261 e. The summed E-state index contributed by atoms with van der Waals surface area (Å²) in [6.45, 7) is 1.69. The maximum Gasteiger partial charge on any atom is 0.261 e. The zero-order valence-electron chi connectivity index (χ0n) is 16.3. The number of amides is 1. The maximum atomic E-state index is 13.0. The number of nitrogen functional groups attached to an aromatic ring is 1. The number of pyridine rings is 1. The summed E-state index contributed by atoms with van der Waals surface area (Å²) in [7, 11) is 1.47. The van der Waals surface area contributed by atoms with Crippen molar-refractivity contribution in [1.82, 2.24) is 20.3 Å². The molecule has 0 aliphatic carbocycles. The van der Waals surface area contributed by atoms with Gasteiger partial charge in [0.15, 0.2) is 0 Å². The molecule has 150 valence electrons. The van der Waals surface area contributed by atoms with Crippen molar-refractivity contribution < 1.29 is 14.1 Å². The van der Waals surface area contributed by atoms with Crippen LogP contribution < -0.4 is 15.8 Å². The number of benzene rings is 1. The van der Waals surface area contributed by atoms with Crippen LogP contribution in [0.2, 0.25) is 0 Å². The number of methoxy groups -OCH3 is 1. The van der Waals surface area contributed by atoms with Crippen LogP contribution in [0.4, 0.5) is 11.5 Å². The number of carbonyl (C=O) groups is 1. The Morgan fingerprint density at radius 3 is 2.50 bits per heavy atom. The first-order valence-electron chi connectivity index (χ1n) is 9.04. The van der Waals surface area contributed by atoms with E-state index in [0.29, 0.717) is 39.9 Å². The lowest BCUT2D eigenvalue weighted by Crippen LogP contribution is -2.14. The number of hydrogen-bond acceptors (Lipinski definition) is 8. The molecule has 30 heavy (non-hydrogen) atoms. The number of aryl methyl sites for hydroxylation is 1. The van der Waals surface area contributed by atoms with Crippen molar-refractivity contribution in [3.05, 3.63) is 65.9 Å². The fourth-order valence-corrected chi connectivity index (χ4v) is 2.93. The first kappa shape index (κ1) is 19.1. The molecule has 0 atom stereocenters. The van der Waals surface area contributed by atoms with E-state index in [-0.39, 0.29) is 11.8 Å². The van der Waals surface area contributed by atoms with E-state index in [1.165, 1.54) is 7.11 Å². The molecule has 0 aliphatic rings. The molecule has 3 heterocycles. The van der Waals surface area contributed by atoms with E-state index >= 15 is 0 Å². The topological polar surface area (TPSA) is 129 Å². The summed E-state index contributed by atoms with van der Waals surface area (Å²) in [5.74, 6) is 0.572. The van der Waals surface area contributed by atoms with Crippen LogP contribution in [-0.2, 0) is 0 Å². The molecule has 0 aliphatic heterocycles. The second-order valence-corrected chi connectivity index (χ2v) is 6.38. The zero-order valence-corrected chi connectivity index (χ0v) is 16.3. The van der Waals surface area contributed by atoms with E-state index in [9.17, 15) is 4.79 Å². The van der Waals surface area contributed by atoms with E-state index in [0.717, 1.165) is 5.56 Å². The van der Waals surface area contributed by atoms with Crippen molar-refractivity contribution in [1.29, 1.82) is 0 Å². The molecular formula is C21H18N6O3. The van der Waals surface area contributed by atoms with Gasteiger partial charge in [-0.25, -0.2) is 4.98 Å². The number of nitrogens with zero attached hydrogens (tertiary/aromatic N) is 4. The summed E-state index contributed by atoms with van der Waals surface area (Å²) in [6, 6.07) is 16.1. The zero-order chi connectivity index (χ0) is 21.1. The molecule has 1 aromatic carbocycles. The highest BCUT2D eigenvalue weighted by atomic mass is 16.5. The van der Waals surface area contributed by atoms with E-state index in [4.69, 9.17) is 15.0 Å². The van der Waals surface area contributed by atoms with Crippen molar-refractivity contribution in [3.8, 4) is 28.5 Å². The van der Waals surface area contributed by atoms with E-state index in [1.807, 2.05) is 30.3 Å². The summed E-state index contributed by atoms with van der Waals surface area (Å²) in [5.41, 5.74) is 8.62. The predicted octanol–water partition coefficient (Wildman–Crippen LogP) is 3.35. The van der Waals surface area contributed by atoms with Gasteiger partial charge in [-0.15, -0.1) is 10.2 Å². The van der Waals surface area contributed by atoms with E-state index < -0.39 is 0 Å². The Balaban J connectivity index is 1.64. The molecule has 4 rings (SSSR count). The quantitative estimate of drug-likeness (QED) is 0.520. The summed E-state index contributed by atoms with van der Waals surface area (Å²) in [6.07, 6.45) is 0. The van der Waals surface area contributed by atoms with Crippen molar-refractivity contribution >= 4 is 17.4 Å². The largest absolute Gasteiger partial charge is 0.479 e. The van der Waals surface area contributed by atoms with Crippen LogP contribution in [-0.4, -0.2) is 33.4 Å². The molecule has 4 aromatic rings. The van der Waals surface area contributed by atoms with Gasteiger partial charge < -0.3 is 20.3 Å². The molecule has 0 unspecified atom stereocenters. The molecule has 0 radical (unpaired) electrons. The van der Waals surface area contributed by atoms with Crippen LogP contribution in [0, 0.1) is 6.92 Å². The van der Waals surface area contributed by atoms with Gasteiger partial charge in [-0.05, 0) is 31.2 Å². The summed E-state index contributed by atoms with van der Waals surface area (Å²) < 4.78 is 10.6. The molecule has 9 heteroatoms. The molecule has 1 amide bonds. The highest BCUT2D eigenvalue weighted by Gasteiger charge is 2.23. The minimum Gasteiger partial charge on any atom is -0.479 e. The molecule has 9 nitrogen and oxygen atoms in total. The lowest BCUT2D eigenvalue weighted by atomic mass is 10.1. The van der Waals surface area contributed by atoms with Crippen LogP contribution in [0.5, 0.6) is 5.88 Å². The van der Waals surface area contributed by atoms with Gasteiger partial charge in [0.25, 0.3) is 5.91 Å². The van der Waals surface area contributed by atoms with Gasteiger partial charge in [0.05, 0.1) is 12.8 Å². The standard InChI is InChI=1S/C21H18N6O3/c1-12-18(19(27-30-12)13-6-4-3-5-7-13)20(28)23-16-9-8-14(24-21(16)29-2)15-10-11-17(22)26-25-15/h3-11H,1-2H3,(H2,22,26)(H,23,28). The highest BCUT2D eigenvalue weighted by Crippen LogP contribution is 2.29. The van der Waals surface area contributed by atoms with Crippen molar-refractivity contribution in [2.45, 2.75) is 6.92 Å². The lowest BCUT2D eigenvalue weighted by Gasteiger charge is -2.11. The third-order valence-electron chi connectivity index (χ3n) is 4.39. The first-order chi connectivity index (χ1) is 14.6. The summed E-state index contributed by atoms with van der Waals surface area (Å²) >= 11 is 0. The van der Waals surface area contributed by atoms with Gasteiger partial charge in [-0.3, -0.25) is 4.79 Å². The number of nitrogens with two attached hydrogens (primary N) is 1. The SMILES string of the molecule is COc1nc(-c2ccc(N)nn2)ccc1NC(=O)c1c(-c2ccccc2)noc1C. The Kier molecular flexibility index (Phi) is 5.08. The molecule has 3 N–H and O–H groups in total. The van der Waals surface area contributed by atoms with Gasteiger partial charge in [0, 0.05) is 5.56 Å². The molecule has 0 saturated carbocycles. The molecule has 0 spiro atoms. The van der Waals surface area contributed by atoms with Crippen LogP contribution in [0.3, 0.4) is 0 Å². The Bertz CT molecular complexity index is 1190. The Morgan fingerprint density at radius 1 is 1.03 bits per heavy atom. The lowest BCUT2D eigenvalue weighted by molar-refractivity contribution is 0.102. The number of nitrogens with one attached hydrogen (secondary N) is 1. The Morgan fingerprint density at radius 2 is 1.80 bits per heavy atom. The van der Waals surface area contributed by atoms with Crippen molar-refractivity contribution in [2.75, 3.05) is 18.2 Å². The summed E-state index contributed by atoms with van der Waals surface area (Å²) in [4.78, 5) is 17.4. The molecule has 0 bridgehead atoms. The van der Waals surface area contributed by atoms with E-state index in [2.05, 4.69) is 25.7 Å². The first-order valence-corrected chi connectivity index (χ1v) is 9.04. The van der Waals surface area contributed by atoms with Crippen molar-refractivity contribution in [2.24, 2.45) is 0 Å². The number of ether oxygens (including phenoxy) is 1. The summed E-state index contributed by atoms with van der Waals surface area (Å²) in [5, 5.41) is 14.7. The fourth-order valence-electron chi connectivity index (χ4n) is 2.93. The van der Waals surface area contributed by atoms with E-state index in [1.54, 1.807) is 31.2 Å². The molecule has 0 saturated heterocycles. The second-order valence-electron chi connectivity index (χ2n) is 6.38. The van der Waals surface area contributed by atoms with Crippen LogP contribution in [0.1, 0.15) is 16.1 Å². The Hall–Kier alpha value is -4.27. The molecule has 0 fully saturated rings. The van der Waals surface area contributed by atoms with Gasteiger partial charge in [-0.2, -0.15) is 0 Å². The van der Waals surface area contributed by atoms with Gasteiger partial charge in [-0.1, -0.05) is 35.5 Å². The average Bonchev–Trinajstić information content (AvgIpc) is 3.16. The van der Waals surface area contributed by atoms with Gasteiger partial charge in [0.1, 0.15) is 34.2 Å². The highest BCUT2D eigenvalue weighted by molar-refractivity contribution is 6.09. The average molecular weight is 402 g/mol. The minimum atomic E-state index is -0.382. The number of rotatable bonds is 5. The number of aromatic nitrogens is 4. The van der Waals surface area contributed by atoms with Gasteiger partial charge in [0.2, 0.25) is 5.88 Å². The number of anilines is 2. The third-order valence-corrected chi connectivity index (χ3v) is 4.39. The molecule has 3 aromatic heterocycles. The molecular weight excluding hydrogens is 384 g/mol.